The molecule has 0 aliphatic heterocycles. The Morgan fingerprint density at radius 2 is 1.09 bits per heavy atom. The van der Waals surface area contributed by atoms with Crippen LogP contribution in [-0.4, -0.2) is 71.5 Å². The van der Waals surface area contributed by atoms with Crippen molar-refractivity contribution >= 4 is 0 Å². The molecular formula is C18H38N2O2. The van der Waals surface area contributed by atoms with Crippen molar-refractivity contribution in [3.8, 4) is 0 Å². The number of likely N-dealkylation sites (N-methyl/N-ethyl adjacent to an activating group) is 2. The highest BCUT2D eigenvalue weighted by Gasteiger charge is 2.32. The summed E-state index contributed by atoms with van der Waals surface area (Å²) >= 11 is 0. The molecule has 0 saturated heterocycles. The molecule has 0 bridgehead atoms. The summed E-state index contributed by atoms with van der Waals surface area (Å²) in [6.07, 6.45) is 4.38. The van der Waals surface area contributed by atoms with E-state index in [1.165, 1.54) is 25.7 Å². The van der Waals surface area contributed by atoms with Crippen molar-refractivity contribution < 1.29 is 10.2 Å². The first-order valence-corrected chi connectivity index (χ1v) is 9.00. The summed E-state index contributed by atoms with van der Waals surface area (Å²) in [5.41, 5.74) is 0. The quantitative estimate of drug-likeness (QED) is 0.721. The van der Waals surface area contributed by atoms with E-state index in [9.17, 15) is 10.2 Å². The molecule has 4 atom stereocenters. The van der Waals surface area contributed by atoms with E-state index in [-0.39, 0.29) is 12.2 Å². The second-order valence-corrected chi connectivity index (χ2v) is 7.92. The molecule has 1 fully saturated rings. The lowest BCUT2D eigenvalue weighted by Gasteiger charge is -2.44. The molecule has 0 amide bonds. The normalized spacial score (nSPS) is 26.2. The molecule has 1 aliphatic carbocycles. The van der Waals surface area contributed by atoms with Crippen LogP contribution in [0.5, 0.6) is 0 Å². The molecule has 1 aliphatic rings. The van der Waals surface area contributed by atoms with Gasteiger partial charge in [-0.2, -0.15) is 0 Å². The van der Waals surface area contributed by atoms with Gasteiger partial charge in [0.15, 0.2) is 0 Å². The van der Waals surface area contributed by atoms with Gasteiger partial charge in [0.2, 0.25) is 0 Å². The van der Waals surface area contributed by atoms with Gasteiger partial charge in [-0.1, -0.05) is 40.5 Å². The summed E-state index contributed by atoms with van der Waals surface area (Å²) in [4.78, 5) is 4.68. The van der Waals surface area contributed by atoms with Crippen LogP contribution in [0.4, 0.5) is 0 Å². The first-order valence-electron chi connectivity index (χ1n) is 9.00. The van der Waals surface area contributed by atoms with Gasteiger partial charge in [0.1, 0.15) is 0 Å². The molecule has 4 nitrogen and oxygen atoms in total. The van der Waals surface area contributed by atoms with Crippen LogP contribution in [0.15, 0.2) is 0 Å². The number of hydrogen-bond donors (Lipinski definition) is 2. The van der Waals surface area contributed by atoms with E-state index < -0.39 is 0 Å². The van der Waals surface area contributed by atoms with Crippen molar-refractivity contribution in [3.63, 3.8) is 0 Å². The molecule has 4 heteroatoms. The van der Waals surface area contributed by atoms with Crippen LogP contribution < -0.4 is 0 Å². The van der Waals surface area contributed by atoms with Crippen LogP contribution in [0.25, 0.3) is 0 Å². The third kappa shape index (κ3) is 5.80. The lowest BCUT2D eigenvalue weighted by molar-refractivity contribution is 0.00785. The predicted octanol–water partition coefficient (Wildman–Crippen LogP) is 2.19. The van der Waals surface area contributed by atoms with Gasteiger partial charge in [0.25, 0.3) is 0 Å². The van der Waals surface area contributed by atoms with Gasteiger partial charge in [-0.25, -0.2) is 0 Å². The molecule has 0 spiro atoms. The fourth-order valence-electron chi connectivity index (χ4n) is 3.40. The Kier molecular flexibility index (Phi) is 8.33. The molecule has 0 heterocycles. The maximum atomic E-state index is 10.2. The van der Waals surface area contributed by atoms with Gasteiger partial charge in [-0.3, -0.25) is 9.80 Å². The van der Waals surface area contributed by atoms with Gasteiger partial charge in [0, 0.05) is 25.2 Å². The van der Waals surface area contributed by atoms with E-state index in [0.29, 0.717) is 23.9 Å². The summed E-state index contributed by atoms with van der Waals surface area (Å²) < 4.78 is 0. The number of hydrogen-bond acceptors (Lipinski definition) is 4. The number of nitrogens with zero attached hydrogens (tertiary/aromatic N) is 2. The van der Waals surface area contributed by atoms with E-state index >= 15 is 0 Å². The Hall–Kier alpha value is -0.160. The fourth-order valence-corrected chi connectivity index (χ4v) is 3.40. The summed E-state index contributed by atoms with van der Waals surface area (Å²) in [5, 5.41) is 20.4. The monoisotopic (exact) mass is 314 g/mol. The van der Waals surface area contributed by atoms with Crippen LogP contribution in [0.3, 0.4) is 0 Å². The van der Waals surface area contributed by atoms with E-state index in [2.05, 4.69) is 51.6 Å². The lowest BCUT2D eigenvalue weighted by atomic mass is 9.87. The van der Waals surface area contributed by atoms with Crippen molar-refractivity contribution in [1.82, 2.24) is 9.80 Å². The van der Waals surface area contributed by atoms with Crippen LogP contribution in [0.2, 0.25) is 0 Å². The van der Waals surface area contributed by atoms with Gasteiger partial charge in [-0.05, 0) is 38.8 Å². The Labute approximate surface area is 137 Å². The first-order chi connectivity index (χ1) is 10.2. The van der Waals surface area contributed by atoms with Crippen molar-refractivity contribution in [2.24, 2.45) is 11.8 Å². The smallest absolute Gasteiger partial charge is 0.0689 e. The number of aliphatic hydroxyl groups is 2. The molecule has 0 radical (unpaired) electrons. The van der Waals surface area contributed by atoms with Crippen LogP contribution in [0, 0.1) is 11.8 Å². The van der Waals surface area contributed by atoms with E-state index in [0.717, 1.165) is 13.1 Å². The summed E-state index contributed by atoms with van der Waals surface area (Å²) in [6, 6.07) is 0.957. The highest BCUT2D eigenvalue weighted by atomic mass is 16.3. The minimum atomic E-state index is -0.265. The second-order valence-electron chi connectivity index (χ2n) is 7.92. The molecule has 0 unspecified atom stereocenters. The third-order valence-electron chi connectivity index (χ3n) is 5.32. The van der Waals surface area contributed by atoms with Crippen molar-refractivity contribution in [2.75, 3.05) is 27.2 Å². The second kappa shape index (κ2) is 9.21. The lowest BCUT2D eigenvalue weighted by Crippen LogP contribution is -2.54. The number of aliphatic hydroxyl groups excluding tert-OH is 2. The number of rotatable bonds is 8. The highest BCUT2D eigenvalue weighted by molar-refractivity contribution is 4.89. The van der Waals surface area contributed by atoms with Crippen molar-refractivity contribution in [1.29, 1.82) is 0 Å². The molecule has 2 N–H and O–H groups in total. The average molecular weight is 315 g/mol. The molecular weight excluding hydrogens is 276 g/mol. The molecule has 0 aromatic carbocycles. The first kappa shape index (κ1) is 19.9. The minimum Gasteiger partial charge on any atom is -0.392 e. The Balaban J connectivity index is 2.65. The Bertz CT molecular complexity index is 279. The Morgan fingerprint density at radius 1 is 0.773 bits per heavy atom. The van der Waals surface area contributed by atoms with Crippen LogP contribution in [0.1, 0.15) is 53.4 Å². The van der Waals surface area contributed by atoms with Gasteiger partial charge >= 0.3 is 0 Å². The highest BCUT2D eigenvalue weighted by Crippen LogP contribution is 2.27. The zero-order valence-corrected chi connectivity index (χ0v) is 15.5. The standard InChI is InChI=1S/C18H38N2O2/c1-13(2)17(21)11-19(5)15-9-7-8-10-16(15)20(6)12-18(22)14(3)4/h13-18,21-22H,7-12H2,1-6H3/t15-,16-,17+,18+/m1/s1. The zero-order valence-electron chi connectivity index (χ0n) is 15.5. The van der Waals surface area contributed by atoms with E-state index in [1.54, 1.807) is 0 Å². The van der Waals surface area contributed by atoms with Crippen molar-refractivity contribution in [3.05, 3.63) is 0 Å². The summed E-state index contributed by atoms with van der Waals surface area (Å²) in [6.45, 7) is 9.76. The summed E-state index contributed by atoms with van der Waals surface area (Å²) in [5.74, 6) is 0.593. The van der Waals surface area contributed by atoms with Crippen LogP contribution >= 0.6 is 0 Å². The molecule has 1 rings (SSSR count). The maximum absolute atomic E-state index is 10.2. The molecule has 132 valence electrons. The van der Waals surface area contributed by atoms with Crippen LogP contribution in [-0.2, 0) is 0 Å². The van der Waals surface area contributed by atoms with Gasteiger partial charge in [0.05, 0.1) is 12.2 Å². The minimum absolute atomic E-state index is 0.265. The SMILES string of the molecule is CC(C)[C@@H](O)CN(C)[C@@H]1CCCC[C@H]1N(C)C[C@H](O)C(C)C. The fraction of sp³-hybridized carbons (Fsp3) is 1.00. The average Bonchev–Trinajstić information content (AvgIpc) is 2.46. The molecule has 1 saturated carbocycles. The topological polar surface area (TPSA) is 46.9 Å². The van der Waals surface area contributed by atoms with Gasteiger partial charge in [-0.15, -0.1) is 0 Å². The Morgan fingerprint density at radius 3 is 1.36 bits per heavy atom. The van der Waals surface area contributed by atoms with Gasteiger partial charge < -0.3 is 10.2 Å². The van der Waals surface area contributed by atoms with Crippen molar-refractivity contribution in [2.45, 2.75) is 77.7 Å². The molecule has 0 aromatic rings. The zero-order chi connectivity index (χ0) is 16.9. The van der Waals surface area contributed by atoms with E-state index in [4.69, 9.17) is 0 Å². The molecule has 22 heavy (non-hydrogen) atoms. The molecule has 0 aromatic heterocycles. The predicted molar refractivity (Wildman–Crippen MR) is 93.0 cm³/mol. The van der Waals surface area contributed by atoms with E-state index in [1.807, 2.05) is 0 Å². The summed E-state index contributed by atoms with van der Waals surface area (Å²) in [7, 11) is 4.28. The largest absolute Gasteiger partial charge is 0.392 e. The third-order valence-corrected chi connectivity index (χ3v) is 5.32. The maximum Gasteiger partial charge on any atom is 0.0689 e.